The van der Waals surface area contributed by atoms with Crippen LogP contribution < -0.4 is 10.6 Å². The van der Waals surface area contributed by atoms with Crippen LogP contribution in [0.3, 0.4) is 0 Å². The first-order valence-electron chi connectivity index (χ1n) is 9.70. The smallest absolute Gasteiger partial charge is 0.220 e. The van der Waals surface area contributed by atoms with Crippen molar-refractivity contribution in [1.29, 1.82) is 0 Å². The number of hydrogen-bond acceptors (Lipinski definition) is 5. The Hall–Kier alpha value is -2.74. The van der Waals surface area contributed by atoms with Gasteiger partial charge in [-0.25, -0.2) is 19.3 Å². The molecule has 4 heterocycles. The number of carbonyl (C=O) groups is 1. The van der Waals surface area contributed by atoms with Gasteiger partial charge in [0.15, 0.2) is 17.5 Å². The molecule has 3 aromatic rings. The maximum Gasteiger partial charge on any atom is 0.220 e. The average molecular weight is 415 g/mol. The first kappa shape index (κ1) is 18.3. The summed E-state index contributed by atoms with van der Waals surface area (Å²) in [5, 5.41) is 7.48. The Balaban J connectivity index is 1.42. The Bertz CT molecular complexity index is 1100. The molecular formula is C20H20ClFN6O. The van der Waals surface area contributed by atoms with Crippen LogP contribution in [0.5, 0.6) is 0 Å². The fraction of sp³-hybridized carbons (Fsp3) is 0.400. The molecule has 1 aliphatic carbocycles. The zero-order valence-electron chi connectivity index (χ0n) is 15.6. The molecule has 3 aromatic heterocycles. The predicted molar refractivity (Wildman–Crippen MR) is 108 cm³/mol. The van der Waals surface area contributed by atoms with Crippen LogP contribution >= 0.6 is 11.6 Å². The number of halogens is 2. The molecule has 1 amide bonds. The fourth-order valence-corrected chi connectivity index (χ4v) is 4.76. The van der Waals surface area contributed by atoms with E-state index in [1.807, 2.05) is 0 Å². The maximum absolute atomic E-state index is 14.5. The molecule has 1 aliphatic heterocycles. The quantitative estimate of drug-likeness (QED) is 0.607. The van der Waals surface area contributed by atoms with Crippen LogP contribution in [-0.2, 0) is 4.79 Å². The highest BCUT2D eigenvalue weighted by molar-refractivity contribution is 6.31. The third-order valence-electron chi connectivity index (χ3n) is 5.96. The summed E-state index contributed by atoms with van der Waals surface area (Å²) < 4.78 is 14.5. The van der Waals surface area contributed by atoms with Crippen molar-refractivity contribution >= 4 is 34.4 Å². The number of hydrogen-bond donors (Lipinski definition) is 3. The van der Waals surface area contributed by atoms with Gasteiger partial charge >= 0.3 is 0 Å². The zero-order chi connectivity index (χ0) is 20.0. The molecule has 3 N–H and O–H groups in total. The molecule has 1 spiro atoms. The molecule has 29 heavy (non-hydrogen) atoms. The van der Waals surface area contributed by atoms with Crippen LogP contribution in [0.2, 0.25) is 5.02 Å². The summed E-state index contributed by atoms with van der Waals surface area (Å²) in [6.45, 7) is 0.699. The minimum absolute atomic E-state index is 0.0292. The monoisotopic (exact) mass is 414 g/mol. The molecule has 9 heteroatoms. The Labute approximate surface area is 171 Å². The van der Waals surface area contributed by atoms with Crippen molar-refractivity contribution in [3.8, 4) is 11.4 Å². The third-order valence-corrected chi connectivity index (χ3v) is 6.17. The van der Waals surface area contributed by atoms with E-state index >= 15 is 0 Å². The lowest BCUT2D eigenvalue weighted by Gasteiger charge is -2.37. The first-order chi connectivity index (χ1) is 14.0. The molecule has 1 saturated heterocycles. The van der Waals surface area contributed by atoms with Crippen molar-refractivity contribution in [2.45, 2.75) is 38.1 Å². The van der Waals surface area contributed by atoms with Crippen LogP contribution in [0.25, 0.3) is 22.4 Å². The van der Waals surface area contributed by atoms with Gasteiger partial charge in [-0.2, -0.15) is 0 Å². The second-order valence-electron chi connectivity index (χ2n) is 8.03. The Morgan fingerprint density at radius 2 is 2.21 bits per heavy atom. The summed E-state index contributed by atoms with van der Waals surface area (Å²) >= 11 is 6.07. The second-order valence-corrected chi connectivity index (χ2v) is 8.47. The lowest BCUT2D eigenvalue weighted by atomic mass is 9.71. The summed E-state index contributed by atoms with van der Waals surface area (Å²) in [6.07, 6.45) is 8.79. The summed E-state index contributed by atoms with van der Waals surface area (Å²) in [5.74, 6) is 0.184. The fourth-order valence-electron chi connectivity index (χ4n) is 4.60. The van der Waals surface area contributed by atoms with E-state index < -0.39 is 5.82 Å². The number of aromatic nitrogens is 4. The summed E-state index contributed by atoms with van der Waals surface area (Å²) in [6, 6.07) is 1.85. The Morgan fingerprint density at radius 3 is 3.03 bits per heavy atom. The first-order valence-corrected chi connectivity index (χ1v) is 10.1. The molecule has 7 nitrogen and oxygen atoms in total. The molecule has 1 saturated carbocycles. The second kappa shape index (κ2) is 6.95. The highest BCUT2D eigenvalue weighted by Gasteiger charge is 2.42. The standard InChI is InChI=1S/C20H20ClFN6O/c21-11-4-13-14(8-24-17(13)23-7-11)18-25-9-15(22)19(28-18)27-12-2-1-3-20(5-12)6-16(29)26-10-20/h4,7-9,12H,1-3,5-6,10H2,(H,23,24)(H,26,29)(H,25,27,28)/t12-,20?/m0/s1. The van der Waals surface area contributed by atoms with E-state index in [0.29, 0.717) is 35.0 Å². The van der Waals surface area contributed by atoms with E-state index in [4.69, 9.17) is 11.6 Å². The van der Waals surface area contributed by atoms with Gasteiger partial charge in [-0.1, -0.05) is 18.0 Å². The van der Waals surface area contributed by atoms with Crippen molar-refractivity contribution in [2.75, 3.05) is 11.9 Å². The van der Waals surface area contributed by atoms with Crippen molar-refractivity contribution in [3.63, 3.8) is 0 Å². The molecule has 150 valence electrons. The third kappa shape index (κ3) is 3.42. The predicted octanol–water partition coefficient (Wildman–Crippen LogP) is 3.67. The molecular weight excluding hydrogens is 395 g/mol. The van der Waals surface area contributed by atoms with E-state index in [0.717, 1.165) is 31.1 Å². The molecule has 0 radical (unpaired) electrons. The summed E-state index contributed by atoms with van der Waals surface area (Å²) in [7, 11) is 0. The minimum atomic E-state index is -0.495. The van der Waals surface area contributed by atoms with E-state index in [2.05, 4.69) is 30.6 Å². The van der Waals surface area contributed by atoms with Gasteiger partial charge in [0, 0.05) is 42.4 Å². The molecule has 5 rings (SSSR count). The highest BCUT2D eigenvalue weighted by Crippen LogP contribution is 2.42. The normalized spacial score (nSPS) is 24.2. The van der Waals surface area contributed by atoms with E-state index in [1.54, 1.807) is 18.5 Å². The maximum atomic E-state index is 14.5. The number of fused-ring (bicyclic) bond motifs is 1. The highest BCUT2D eigenvalue weighted by atomic mass is 35.5. The SMILES string of the molecule is O=C1CC2(CCC[C@H](Nc3nc(-c4c[nH]c5ncc(Cl)cc45)ncc3F)C2)CN1. The number of rotatable bonds is 3. The number of nitrogens with zero attached hydrogens (tertiary/aromatic N) is 3. The van der Waals surface area contributed by atoms with Gasteiger partial charge in [-0.15, -0.1) is 0 Å². The topological polar surface area (TPSA) is 95.6 Å². The number of aromatic amines is 1. The number of anilines is 1. The van der Waals surface area contributed by atoms with Crippen LogP contribution in [0.4, 0.5) is 10.2 Å². The van der Waals surface area contributed by atoms with Gasteiger partial charge in [-0.05, 0) is 30.7 Å². The Kier molecular flexibility index (Phi) is 4.38. The summed E-state index contributed by atoms with van der Waals surface area (Å²) in [5.41, 5.74) is 1.35. The largest absolute Gasteiger partial charge is 0.365 e. The van der Waals surface area contributed by atoms with Gasteiger partial charge in [0.2, 0.25) is 5.91 Å². The average Bonchev–Trinajstić information content (AvgIpc) is 3.27. The van der Waals surface area contributed by atoms with Gasteiger partial charge in [0.25, 0.3) is 0 Å². The molecule has 2 aliphatic rings. The van der Waals surface area contributed by atoms with E-state index in [9.17, 15) is 9.18 Å². The Morgan fingerprint density at radius 1 is 1.31 bits per heavy atom. The number of amides is 1. The zero-order valence-corrected chi connectivity index (χ0v) is 16.4. The lowest BCUT2D eigenvalue weighted by molar-refractivity contribution is -0.119. The van der Waals surface area contributed by atoms with Crippen molar-refractivity contribution in [3.05, 3.63) is 35.5 Å². The molecule has 0 bridgehead atoms. The van der Waals surface area contributed by atoms with Crippen molar-refractivity contribution in [1.82, 2.24) is 25.3 Å². The van der Waals surface area contributed by atoms with E-state index in [1.165, 1.54) is 6.20 Å². The molecule has 1 unspecified atom stereocenters. The van der Waals surface area contributed by atoms with Crippen LogP contribution in [-0.4, -0.2) is 38.4 Å². The molecule has 2 atom stereocenters. The van der Waals surface area contributed by atoms with Crippen molar-refractivity contribution in [2.24, 2.45) is 5.41 Å². The van der Waals surface area contributed by atoms with Crippen molar-refractivity contribution < 1.29 is 9.18 Å². The number of nitrogens with one attached hydrogen (secondary N) is 3. The number of H-pyrrole nitrogens is 1. The van der Waals surface area contributed by atoms with Gasteiger partial charge in [0.05, 0.1) is 11.2 Å². The van der Waals surface area contributed by atoms with Crippen LogP contribution in [0, 0.1) is 11.2 Å². The number of pyridine rings is 1. The summed E-state index contributed by atoms with van der Waals surface area (Å²) in [4.78, 5) is 27.6. The number of carbonyl (C=O) groups excluding carboxylic acids is 1. The van der Waals surface area contributed by atoms with Gasteiger partial charge in [0.1, 0.15) is 5.65 Å². The lowest BCUT2D eigenvalue weighted by Crippen LogP contribution is -2.37. The minimum Gasteiger partial charge on any atom is -0.365 e. The van der Waals surface area contributed by atoms with Crippen LogP contribution in [0.1, 0.15) is 32.1 Å². The molecule has 2 fully saturated rings. The molecule has 0 aromatic carbocycles. The van der Waals surface area contributed by atoms with Gasteiger partial charge in [-0.3, -0.25) is 4.79 Å². The van der Waals surface area contributed by atoms with Gasteiger partial charge < -0.3 is 15.6 Å². The van der Waals surface area contributed by atoms with E-state index in [-0.39, 0.29) is 23.2 Å². The van der Waals surface area contributed by atoms with Crippen LogP contribution in [0.15, 0.2) is 24.7 Å².